The van der Waals surface area contributed by atoms with Crippen molar-refractivity contribution in [1.82, 2.24) is 5.32 Å². The van der Waals surface area contributed by atoms with E-state index in [1.54, 1.807) is 30.3 Å². The molecule has 2 amide bonds. The molecule has 9 nitrogen and oxygen atoms in total. The molecule has 1 unspecified atom stereocenters. The SMILES string of the molecule is NCCCC[C@@H]1Nc2ccc([N+](=O)[O-])cc2C(C(=O)NCc2ccccc2)N(c2ccccc2)C1=O. The zero-order valence-corrected chi connectivity index (χ0v) is 19.8. The van der Waals surface area contributed by atoms with Gasteiger partial charge < -0.3 is 16.4 Å². The summed E-state index contributed by atoms with van der Waals surface area (Å²) in [6, 6.07) is 20.9. The lowest BCUT2D eigenvalue weighted by Gasteiger charge is -2.31. The summed E-state index contributed by atoms with van der Waals surface area (Å²) < 4.78 is 0. The van der Waals surface area contributed by atoms with E-state index < -0.39 is 22.9 Å². The fourth-order valence-electron chi connectivity index (χ4n) is 4.40. The number of para-hydroxylation sites is 1. The Hall–Kier alpha value is -4.24. The van der Waals surface area contributed by atoms with Gasteiger partial charge in [0.15, 0.2) is 0 Å². The molecule has 3 aromatic carbocycles. The summed E-state index contributed by atoms with van der Waals surface area (Å²) in [4.78, 5) is 40.2. The second kappa shape index (κ2) is 11.5. The highest BCUT2D eigenvalue weighted by Crippen LogP contribution is 2.38. The van der Waals surface area contributed by atoms with E-state index in [2.05, 4.69) is 10.6 Å². The van der Waals surface area contributed by atoms with Crippen LogP contribution in [-0.2, 0) is 16.1 Å². The van der Waals surface area contributed by atoms with Crippen LogP contribution < -0.4 is 21.3 Å². The Bertz CT molecular complexity index is 1220. The number of rotatable bonds is 9. The van der Waals surface area contributed by atoms with E-state index in [0.717, 1.165) is 18.4 Å². The van der Waals surface area contributed by atoms with Crippen LogP contribution >= 0.6 is 0 Å². The van der Waals surface area contributed by atoms with Gasteiger partial charge in [-0.15, -0.1) is 0 Å². The smallest absolute Gasteiger partial charge is 0.269 e. The predicted octanol–water partition coefficient (Wildman–Crippen LogP) is 3.91. The third kappa shape index (κ3) is 5.52. The maximum absolute atomic E-state index is 13.9. The van der Waals surface area contributed by atoms with Gasteiger partial charge in [-0.3, -0.25) is 24.6 Å². The molecule has 0 saturated carbocycles. The van der Waals surface area contributed by atoms with E-state index in [0.29, 0.717) is 29.9 Å². The molecule has 4 N–H and O–H groups in total. The lowest BCUT2D eigenvalue weighted by Crippen LogP contribution is -2.47. The van der Waals surface area contributed by atoms with Crippen LogP contribution in [0.3, 0.4) is 0 Å². The van der Waals surface area contributed by atoms with Gasteiger partial charge in [-0.1, -0.05) is 48.5 Å². The average Bonchev–Trinajstić information content (AvgIpc) is 3.02. The second-order valence-electron chi connectivity index (χ2n) is 8.66. The van der Waals surface area contributed by atoms with Crippen molar-refractivity contribution in [3.63, 3.8) is 0 Å². The fourth-order valence-corrected chi connectivity index (χ4v) is 4.40. The minimum Gasteiger partial charge on any atom is -0.373 e. The highest BCUT2D eigenvalue weighted by Gasteiger charge is 2.41. The van der Waals surface area contributed by atoms with Crippen molar-refractivity contribution in [1.29, 1.82) is 0 Å². The first-order valence-electron chi connectivity index (χ1n) is 11.9. The predicted molar refractivity (Wildman–Crippen MR) is 138 cm³/mol. The van der Waals surface area contributed by atoms with Crippen LogP contribution in [0.25, 0.3) is 0 Å². The number of non-ortho nitro benzene ring substituents is 1. The molecule has 2 atom stereocenters. The molecule has 36 heavy (non-hydrogen) atoms. The molecule has 1 aliphatic heterocycles. The van der Waals surface area contributed by atoms with Crippen LogP contribution in [-0.4, -0.2) is 29.3 Å². The number of nitro benzene ring substituents is 1. The van der Waals surface area contributed by atoms with E-state index in [9.17, 15) is 19.7 Å². The van der Waals surface area contributed by atoms with Crippen LogP contribution in [0.15, 0.2) is 78.9 Å². The highest BCUT2D eigenvalue weighted by atomic mass is 16.6. The zero-order valence-electron chi connectivity index (χ0n) is 19.8. The number of nitrogens with one attached hydrogen (secondary N) is 2. The number of amides is 2. The monoisotopic (exact) mass is 487 g/mol. The van der Waals surface area contributed by atoms with E-state index in [4.69, 9.17) is 5.73 Å². The van der Waals surface area contributed by atoms with E-state index >= 15 is 0 Å². The van der Waals surface area contributed by atoms with Crippen molar-refractivity contribution in [3.8, 4) is 0 Å². The lowest BCUT2D eigenvalue weighted by atomic mass is 10.0. The molecule has 1 aliphatic rings. The summed E-state index contributed by atoms with van der Waals surface area (Å²) in [5.74, 6) is -0.709. The number of carbonyl (C=O) groups is 2. The molecule has 0 aliphatic carbocycles. The third-order valence-electron chi connectivity index (χ3n) is 6.20. The Labute approximate surface area is 209 Å². The van der Waals surface area contributed by atoms with Gasteiger partial charge in [-0.2, -0.15) is 0 Å². The molecule has 3 aromatic rings. The van der Waals surface area contributed by atoms with Gasteiger partial charge in [-0.05, 0) is 49.6 Å². The molecule has 0 bridgehead atoms. The summed E-state index contributed by atoms with van der Waals surface area (Å²) in [7, 11) is 0. The number of nitrogens with two attached hydrogens (primary N) is 1. The molecular weight excluding hydrogens is 458 g/mol. The summed E-state index contributed by atoms with van der Waals surface area (Å²) >= 11 is 0. The van der Waals surface area contributed by atoms with Crippen molar-refractivity contribution < 1.29 is 14.5 Å². The molecule has 0 spiro atoms. The Morgan fingerprint density at radius 1 is 1.03 bits per heavy atom. The topological polar surface area (TPSA) is 131 Å². The van der Waals surface area contributed by atoms with Gasteiger partial charge in [0.2, 0.25) is 11.8 Å². The summed E-state index contributed by atoms with van der Waals surface area (Å²) in [6.07, 6.45) is 1.98. The standard InChI is InChI=1S/C27H29N5O4/c28-16-8-7-13-24-27(34)31(20-11-5-2-6-12-20)25(26(33)29-18-19-9-3-1-4-10-19)22-17-21(32(35)36)14-15-23(22)30-24/h1-6,9-12,14-15,17,24-25,30H,7-8,13,16,18,28H2,(H,29,33)/t24-,25?/m0/s1. The van der Waals surface area contributed by atoms with Crippen molar-refractivity contribution in [2.75, 3.05) is 16.8 Å². The maximum atomic E-state index is 13.9. The number of anilines is 2. The fraction of sp³-hybridized carbons (Fsp3) is 0.259. The Balaban J connectivity index is 1.80. The Morgan fingerprint density at radius 2 is 1.72 bits per heavy atom. The normalized spacial score (nSPS) is 17.0. The van der Waals surface area contributed by atoms with E-state index in [-0.39, 0.29) is 18.1 Å². The van der Waals surface area contributed by atoms with Crippen molar-refractivity contribution >= 4 is 28.9 Å². The summed E-state index contributed by atoms with van der Waals surface area (Å²) in [5, 5.41) is 17.8. The quantitative estimate of drug-likeness (QED) is 0.238. The molecule has 0 aromatic heterocycles. The molecular formula is C27H29N5O4. The van der Waals surface area contributed by atoms with E-state index in [1.165, 1.54) is 17.0 Å². The molecule has 0 fully saturated rings. The largest absolute Gasteiger partial charge is 0.373 e. The van der Waals surface area contributed by atoms with Crippen LogP contribution in [0.1, 0.15) is 36.4 Å². The number of benzene rings is 3. The number of nitrogens with zero attached hydrogens (tertiary/aromatic N) is 2. The lowest BCUT2D eigenvalue weighted by molar-refractivity contribution is -0.384. The summed E-state index contributed by atoms with van der Waals surface area (Å²) in [6.45, 7) is 0.765. The average molecular weight is 488 g/mol. The molecule has 1 heterocycles. The van der Waals surface area contributed by atoms with Gasteiger partial charge in [0, 0.05) is 35.6 Å². The zero-order chi connectivity index (χ0) is 25.5. The highest BCUT2D eigenvalue weighted by molar-refractivity contribution is 6.06. The first-order chi connectivity index (χ1) is 17.5. The van der Waals surface area contributed by atoms with E-state index in [1.807, 2.05) is 36.4 Å². The minimum atomic E-state index is -1.11. The second-order valence-corrected chi connectivity index (χ2v) is 8.66. The first-order valence-corrected chi connectivity index (χ1v) is 11.9. The van der Waals surface area contributed by atoms with Crippen LogP contribution in [0.2, 0.25) is 0 Å². The van der Waals surface area contributed by atoms with Crippen LogP contribution in [0.5, 0.6) is 0 Å². The first kappa shape index (κ1) is 24.9. The molecule has 4 rings (SSSR count). The number of unbranched alkanes of at least 4 members (excludes halogenated alkanes) is 1. The number of carbonyl (C=O) groups excluding carboxylic acids is 2. The van der Waals surface area contributed by atoms with Gasteiger partial charge in [0.1, 0.15) is 12.1 Å². The van der Waals surface area contributed by atoms with Gasteiger partial charge in [0.25, 0.3) is 5.69 Å². The van der Waals surface area contributed by atoms with Gasteiger partial charge in [-0.25, -0.2) is 0 Å². The minimum absolute atomic E-state index is 0.154. The molecule has 186 valence electrons. The van der Waals surface area contributed by atoms with Crippen LogP contribution in [0, 0.1) is 10.1 Å². The molecule has 0 saturated heterocycles. The van der Waals surface area contributed by atoms with Crippen molar-refractivity contribution in [2.45, 2.75) is 37.9 Å². The number of hydrogen-bond donors (Lipinski definition) is 3. The summed E-state index contributed by atoms with van der Waals surface area (Å²) in [5.41, 5.74) is 7.83. The van der Waals surface area contributed by atoms with Gasteiger partial charge >= 0.3 is 0 Å². The van der Waals surface area contributed by atoms with Crippen molar-refractivity contribution in [2.24, 2.45) is 5.73 Å². The third-order valence-corrected chi connectivity index (χ3v) is 6.20. The molecule has 0 radical (unpaired) electrons. The van der Waals surface area contributed by atoms with Gasteiger partial charge in [0.05, 0.1) is 4.92 Å². The maximum Gasteiger partial charge on any atom is 0.269 e. The van der Waals surface area contributed by atoms with Crippen molar-refractivity contribution in [3.05, 3.63) is 100 Å². The van der Waals surface area contributed by atoms with Crippen LogP contribution in [0.4, 0.5) is 17.1 Å². The number of hydrogen-bond acceptors (Lipinski definition) is 6. The Morgan fingerprint density at radius 3 is 2.39 bits per heavy atom. The molecule has 9 heteroatoms. The number of nitro groups is 1. The number of fused-ring (bicyclic) bond motifs is 1. The Kier molecular flexibility index (Phi) is 7.92.